The van der Waals surface area contributed by atoms with Gasteiger partial charge in [0.1, 0.15) is 0 Å². The van der Waals surface area contributed by atoms with Gasteiger partial charge in [0.25, 0.3) is 0 Å². The average molecular weight is 279 g/mol. The van der Waals surface area contributed by atoms with E-state index in [-0.39, 0.29) is 0 Å². The fourth-order valence-electron chi connectivity index (χ4n) is 2.57. The lowest BCUT2D eigenvalue weighted by Gasteiger charge is -2.22. The summed E-state index contributed by atoms with van der Waals surface area (Å²) >= 11 is 2.01. The maximum atomic E-state index is 9.98. The molecule has 0 aliphatic heterocycles. The van der Waals surface area contributed by atoms with Gasteiger partial charge in [0.15, 0.2) is 0 Å². The zero-order chi connectivity index (χ0) is 13.7. The Kier molecular flexibility index (Phi) is 5.31. The quantitative estimate of drug-likeness (QED) is 0.868. The highest BCUT2D eigenvalue weighted by Gasteiger charge is 2.19. The van der Waals surface area contributed by atoms with Crippen molar-refractivity contribution in [3.05, 3.63) is 29.8 Å². The van der Waals surface area contributed by atoms with Crippen LogP contribution in [-0.2, 0) is 6.42 Å². The van der Waals surface area contributed by atoms with E-state index < -0.39 is 5.60 Å². The van der Waals surface area contributed by atoms with Gasteiger partial charge in [-0.05, 0) is 37.5 Å². The number of thioether (sulfide) groups is 1. The molecule has 0 radical (unpaired) electrons. The Morgan fingerprint density at radius 3 is 2.42 bits per heavy atom. The molecule has 1 aliphatic carbocycles. The third-order valence-electron chi connectivity index (χ3n) is 3.80. The van der Waals surface area contributed by atoms with Crippen LogP contribution in [0.1, 0.15) is 44.6 Å². The average Bonchev–Trinajstić information content (AvgIpc) is 2.42. The summed E-state index contributed by atoms with van der Waals surface area (Å²) in [6, 6.07) is 8.60. The van der Waals surface area contributed by atoms with Crippen LogP contribution in [0.5, 0.6) is 0 Å². The first-order valence-electron chi connectivity index (χ1n) is 7.27. The van der Waals surface area contributed by atoms with Gasteiger partial charge in [-0.3, -0.25) is 0 Å². The van der Waals surface area contributed by atoms with E-state index in [1.54, 1.807) is 6.92 Å². The molecule has 3 heteroatoms. The van der Waals surface area contributed by atoms with E-state index in [4.69, 9.17) is 5.73 Å². The van der Waals surface area contributed by atoms with E-state index in [1.165, 1.54) is 37.0 Å². The molecule has 1 aromatic rings. The van der Waals surface area contributed by atoms with Crippen LogP contribution < -0.4 is 5.73 Å². The molecule has 1 saturated carbocycles. The molecule has 0 aromatic heterocycles. The van der Waals surface area contributed by atoms with Gasteiger partial charge in [-0.25, -0.2) is 0 Å². The molecule has 2 rings (SSSR count). The molecule has 0 spiro atoms. The molecule has 1 fully saturated rings. The summed E-state index contributed by atoms with van der Waals surface area (Å²) in [6.07, 6.45) is 7.51. The van der Waals surface area contributed by atoms with Gasteiger partial charge in [0, 0.05) is 23.1 Å². The van der Waals surface area contributed by atoms with Crippen molar-refractivity contribution in [1.29, 1.82) is 0 Å². The van der Waals surface area contributed by atoms with Crippen LogP contribution in [0, 0.1) is 0 Å². The van der Waals surface area contributed by atoms with Crippen LogP contribution in [0.4, 0.5) is 0 Å². The van der Waals surface area contributed by atoms with E-state index in [0.29, 0.717) is 13.0 Å². The van der Waals surface area contributed by atoms with Crippen LogP contribution in [0.25, 0.3) is 0 Å². The second-order valence-corrected chi connectivity index (χ2v) is 7.27. The molecule has 3 N–H and O–H groups in total. The minimum atomic E-state index is -0.794. The zero-order valence-electron chi connectivity index (χ0n) is 11.8. The smallest absolute Gasteiger partial charge is 0.0781 e. The maximum absolute atomic E-state index is 9.98. The van der Waals surface area contributed by atoms with Crippen molar-refractivity contribution >= 4 is 11.8 Å². The van der Waals surface area contributed by atoms with Crippen LogP contribution >= 0.6 is 11.8 Å². The Morgan fingerprint density at radius 2 is 1.84 bits per heavy atom. The van der Waals surface area contributed by atoms with E-state index in [2.05, 4.69) is 24.3 Å². The normalized spacial score (nSPS) is 20.2. The molecule has 19 heavy (non-hydrogen) atoms. The number of nitrogens with two attached hydrogens (primary N) is 1. The van der Waals surface area contributed by atoms with Crippen molar-refractivity contribution in [2.75, 3.05) is 6.54 Å². The molecular weight excluding hydrogens is 254 g/mol. The fourth-order valence-corrected chi connectivity index (χ4v) is 3.82. The van der Waals surface area contributed by atoms with Gasteiger partial charge in [-0.2, -0.15) is 0 Å². The summed E-state index contributed by atoms with van der Waals surface area (Å²) in [5.74, 6) is 0. The van der Waals surface area contributed by atoms with E-state index in [1.807, 2.05) is 11.8 Å². The van der Waals surface area contributed by atoms with Crippen molar-refractivity contribution in [3.63, 3.8) is 0 Å². The lowest BCUT2D eigenvalue weighted by Crippen LogP contribution is -2.36. The predicted octanol–water partition coefficient (Wildman–Crippen LogP) is 3.36. The number of hydrogen-bond donors (Lipinski definition) is 2. The molecule has 0 saturated heterocycles. The summed E-state index contributed by atoms with van der Waals surface area (Å²) in [7, 11) is 0. The van der Waals surface area contributed by atoms with Gasteiger partial charge < -0.3 is 10.8 Å². The molecular formula is C16H25NOS. The summed E-state index contributed by atoms with van der Waals surface area (Å²) in [6.45, 7) is 2.09. The number of rotatable bonds is 5. The van der Waals surface area contributed by atoms with Crippen molar-refractivity contribution < 1.29 is 5.11 Å². The highest BCUT2D eigenvalue weighted by Crippen LogP contribution is 2.33. The lowest BCUT2D eigenvalue weighted by atomic mass is 9.97. The van der Waals surface area contributed by atoms with Crippen LogP contribution in [0.2, 0.25) is 0 Å². The van der Waals surface area contributed by atoms with E-state index in [0.717, 1.165) is 10.8 Å². The first-order chi connectivity index (χ1) is 9.09. The number of aliphatic hydroxyl groups is 1. The Morgan fingerprint density at radius 1 is 1.21 bits per heavy atom. The second kappa shape index (κ2) is 6.78. The van der Waals surface area contributed by atoms with E-state index >= 15 is 0 Å². The standard InChI is InChI=1S/C16H25NOS/c1-16(18,12-17)11-13-7-9-15(10-8-13)19-14-5-3-2-4-6-14/h7-10,14,18H,2-6,11-12,17H2,1H3. The third-order valence-corrected chi connectivity index (χ3v) is 5.15. The lowest BCUT2D eigenvalue weighted by molar-refractivity contribution is 0.0696. The molecule has 1 aliphatic rings. The van der Waals surface area contributed by atoms with E-state index in [9.17, 15) is 5.11 Å². The SMILES string of the molecule is CC(O)(CN)Cc1ccc(SC2CCCCC2)cc1. The van der Waals surface area contributed by atoms with Gasteiger partial charge in [-0.15, -0.1) is 11.8 Å². The van der Waals surface area contributed by atoms with Crippen LogP contribution in [-0.4, -0.2) is 22.5 Å². The molecule has 0 heterocycles. The largest absolute Gasteiger partial charge is 0.389 e. The first-order valence-corrected chi connectivity index (χ1v) is 8.15. The van der Waals surface area contributed by atoms with Crippen molar-refractivity contribution in [2.45, 2.75) is 61.2 Å². The van der Waals surface area contributed by atoms with Gasteiger partial charge in [0.2, 0.25) is 0 Å². The summed E-state index contributed by atoms with van der Waals surface area (Å²) in [5.41, 5.74) is 5.92. The predicted molar refractivity (Wildman–Crippen MR) is 82.6 cm³/mol. The highest BCUT2D eigenvalue weighted by molar-refractivity contribution is 8.00. The molecule has 1 atom stereocenters. The first kappa shape index (κ1) is 14.9. The van der Waals surface area contributed by atoms with Crippen LogP contribution in [0.3, 0.4) is 0 Å². The van der Waals surface area contributed by atoms with Crippen molar-refractivity contribution in [3.8, 4) is 0 Å². The third kappa shape index (κ3) is 4.83. The minimum absolute atomic E-state index is 0.297. The molecule has 2 nitrogen and oxygen atoms in total. The maximum Gasteiger partial charge on any atom is 0.0781 e. The molecule has 1 aromatic carbocycles. The van der Waals surface area contributed by atoms with Crippen LogP contribution in [0.15, 0.2) is 29.2 Å². The van der Waals surface area contributed by atoms with Crippen molar-refractivity contribution in [2.24, 2.45) is 5.73 Å². The fraction of sp³-hybridized carbons (Fsp3) is 0.625. The second-order valence-electron chi connectivity index (χ2n) is 5.90. The van der Waals surface area contributed by atoms with Gasteiger partial charge >= 0.3 is 0 Å². The van der Waals surface area contributed by atoms with Gasteiger partial charge in [-0.1, -0.05) is 31.4 Å². The summed E-state index contributed by atoms with van der Waals surface area (Å²) in [4.78, 5) is 1.35. The molecule has 1 unspecified atom stereocenters. The Balaban J connectivity index is 1.90. The zero-order valence-corrected chi connectivity index (χ0v) is 12.6. The molecule has 0 bridgehead atoms. The highest BCUT2D eigenvalue weighted by atomic mass is 32.2. The minimum Gasteiger partial charge on any atom is -0.389 e. The Labute approximate surface area is 120 Å². The Bertz CT molecular complexity index is 382. The summed E-state index contributed by atoms with van der Waals surface area (Å²) in [5, 5.41) is 10.8. The molecule has 0 amide bonds. The molecule has 106 valence electrons. The topological polar surface area (TPSA) is 46.2 Å². The number of benzene rings is 1. The van der Waals surface area contributed by atoms with Crippen molar-refractivity contribution in [1.82, 2.24) is 0 Å². The Hall–Kier alpha value is -0.510. The van der Waals surface area contributed by atoms with Gasteiger partial charge in [0.05, 0.1) is 5.60 Å². The summed E-state index contributed by atoms with van der Waals surface area (Å²) < 4.78 is 0. The monoisotopic (exact) mass is 279 g/mol. The number of hydrogen-bond acceptors (Lipinski definition) is 3.